The molecule has 0 aliphatic heterocycles. The molecule has 6 aromatic carbocycles. The molecule has 2 nitrogen and oxygen atoms in total. The average Bonchev–Trinajstić information content (AvgIpc) is 3.89. The lowest BCUT2D eigenvalue weighted by Crippen LogP contribution is -1.79. The number of thiophene rings is 2. The Kier molecular flexibility index (Phi) is 5.65. The van der Waals surface area contributed by atoms with E-state index in [-0.39, 0.29) is 0 Å². The van der Waals surface area contributed by atoms with Crippen LogP contribution in [0.5, 0.6) is 0 Å². The summed E-state index contributed by atoms with van der Waals surface area (Å²) >= 11 is 3.79. The zero-order valence-corrected chi connectivity index (χ0v) is 26.1. The first-order chi connectivity index (χ1) is 22.7. The van der Waals surface area contributed by atoms with Crippen LogP contribution in [0.4, 0.5) is 0 Å². The highest BCUT2D eigenvalue weighted by Gasteiger charge is 2.15. The van der Waals surface area contributed by atoms with Crippen molar-refractivity contribution < 1.29 is 8.83 Å². The van der Waals surface area contributed by atoms with Crippen LogP contribution in [-0.2, 0) is 0 Å². The number of rotatable bonds is 4. The smallest absolute Gasteiger partial charge is 0.135 e. The van der Waals surface area contributed by atoms with Crippen molar-refractivity contribution in [3.05, 3.63) is 146 Å². The maximum Gasteiger partial charge on any atom is 0.135 e. The van der Waals surface area contributed by atoms with Crippen molar-refractivity contribution in [3.8, 4) is 44.9 Å². The largest absolute Gasteiger partial charge is 0.456 e. The molecule has 0 unspecified atom stereocenters. The molecular weight excluding hydrogens is 601 g/mol. The first-order valence-corrected chi connectivity index (χ1v) is 16.9. The van der Waals surface area contributed by atoms with Crippen molar-refractivity contribution in [1.82, 2.24) is 0 Å². The summed E-state index contributed by atoms with van der Waals surface area (Å²) in [5.74, 6) is 1.80. The minimum atomic E-state index is 0.898. The van der Waals surface area contributed by atoms with Crippen LogP contribution >= 0.6 is 22.7 Å². The number of furan rings is 2. The van der Waals surface area contributed by atoms with Crippen LogP contribution < -0.4 is 0 Å². The Bertz CT molecular complexity index is 2670. The molecule has 0 spiro atoms. The summed E-state index contributed by atoms with van der Waals surface area (Å²) in [5, 5.41) is 4.92. The van der Waals surface area contributed by atoms with E-state index in [2.05, 4.69) is 109 Å². The van der Waals surface area contributed by atoms with Crippen LogP contribution in [0.3, 0.4) is 0 Å². The van der Waals surface area contributed by atoms with E-state index in [9.17, 15) is 0 Å². The summed E-state index contributed by atoms with van der Waals surface area (Å²) in [5.41, 5.74) is 8.88. The maximum atomic E-state index is 6.09. The maximum absolute atomic E-state index is 6.09. The van der Waals surface area contributed by atoms with E-state index in [4.69, 9.17) is 8.83 Å². The highest BCUT2D eigenvalue weighted by atomic mass is 32.1. The van der Waals surface area contributed by atoms with Gasteiger partial charge in [-0.25, -0.2) is 0 Å². The van der Waals surface area contributed by atoms with E-state index in [1.807, 2.05) is 59.1 Å². The molecule has 0 amide bonds. The Labute approximate surface area is 272 Å². The molecule has 0 aliphatic carbocycles. The molecule has 10 aromatic rings. The van der Waals surface area contributed by atoms with Gasteiger partial charge in [-0.1, -0.05) is 103 Å². The molecule has 4 heteroatoms. The van der Waals surface area contributed by atoms with Gasteiger partial charge < -0.3 is 8.83 Å². The van der Waals surface area contributed by atoms with Gasteiger partial charge in [-0.05, 0) is 64.7 Å². The fraction of sp³-hybridized carbons (Fsp3) is 0. The zero-order valence-electron chi connectivity index (χ0n) is 24.5. The molecule has 0 saturated heterocycles. The Hall–Kier alpha value is -5.42. The topological polar surface area (TPSA) is 26.3 Å². The summed E-state index contributed by atoms with van der Waals surface area (Å²) < 4.78 is 17.6. The minimum absolute atomic E-state index is 0.898. The van der Waals surface area contributed by atoms with Crippen LogP contribution in [0.25, 0.3) is 96.4 Å². The van der Waals surface area contributed by atoms with Gasteiger partial charge in [-0.15, -0.1) is 22.7 Å². The molecule has 10 rings (SSSR count). The van der Waals surface area contributed by atoms with Crippen LogP contribution in [0.2, 0.25) is 0 Å². The van der Waals surface area contributed by atoms with E-state index in [0.717, 1.165) is 44.6 Å². The SMILES string of the molecule is c1ccc2oc(-c3ccc(-c4ccc5c(c4)sc4c6cc(-c7ccc(-c8cc9ccccc9o8)cc7)ccc6sc54)cc3)cc2c1. The van der Waals surface area contributed by atoms with Crippen molar-refractivity contribution >= 4 is 74.2 Å². The second kappa shape index (κ2) is 10.0. The van der Waals surface area contributed by atoms with Gasteiger partial charge in [0.05, 0.1) is 9.40 Å². The third kappa shape index (κ3) is 4.15. The Morgan fingerprint density at radius 1 is 0.348 bits per heavy atom. The summed E-state index contributed by atoms with van der Waals surface area (Å²) in [4.78, 5) is 0. The lowest BCUT2D eigenvalue weighted by Gasteiger charge is -2.04. The third-order valence-corrected chi connectivity index (χ3v) is 11.5. The van der Waals surface area contributed by atoms with Crippen molar-refractivity contribution in [2.24, 2.45) is 0 Å². The average molecular weight is 625 g/mol. The first-order valence-electron chi connectivity index (χ1n) is 15.3. The molecule has 0 atom stereocenters. The molecular formula is C42H24O2S2. The highest BCUT2D eigenvalue weighted by Crippen LogP contribution is 2.46. The van der Waals surface area contributed by atoms with E-state index in [1.165, 1.54) is 51.8 Å². The first kappa shape index (κ1) is 25.9. The van der Waals surface area contributed by atoms with Gasteiger partial charge in [0.2, 0.25) is 0 Å². The normalized spacial score (nSPS) is 11.9. The van der Waals surface area contributed by atoms with Crippen molar-refractivity contribution in [1.29, 1.82) is 0 Å². The number of hydrogen-bond acceptors (Lipinski definition) is 4. The fourth-order valence-electron chi connectivity index (χ4n) is 6.52. The summed E-state index contributed by atoms with van der Waals surface area (Å²) in [6.07, 6.45) is 0. The molecule has 0 saturated carbocycles. The Balaban J connectivity index is 0.975. The molecule has 0 bridgehead atoms. The molecule has 0 fully saturated rings. The monoisotopic (exact) mass is 624 g/mol. The highest BCUT2D eigenvalue weighted by molar-refractivity contribution is 7.36. The quantitative estimate of drug-likeness (QED) is 0.195. The van der Waals surface area contributed by atoms with Gasteiger partial charge in [0.15, 0.2) is 0 Å². The van der Waals surface area contributed by atoms with Crippen LogP contribution in [0.1, 0.15) is 0 Å². The zero-order chi connectivity index (χ0) is 30.2. The number of para-hydroxylation sites is 2. The standard InChI is InChI=1S/C42H24O2S2/c1-3-7-35-31(5-1)22-37(43-35)27-13-9-25(10-14-27)29-18-20-39-34(21-29)42-41(45-39)33-19-17-30(24-40(33)46-42)26-11-15-28(16-12-26)38-23-32-6-2-4-8-36(32)44-38/h1-24H. The summed E-state index contributed by atoms with van der Waals surface area (Å²) in [6.45, 7) is 0. The molecule has 0 radical (unpaired) electrons. The predicted molar refractivity (Wildman–Crippen MR) is 196 cm³/mol. The molecule has 46 heavy (non-hydrogen) atoms. The van der Waals surface area contributed by atoms with Gasteiger partial charge in [-0.3, -0.25) is 0 Å². The van der Waals surface area contributed by atoms with Crippen LogP contribution in [0.15, 0.2) is 154 Å². The second-order valence-electron chi connectivity index (χ2n) is 11.7. The van der Waals surface area contributed by atoms with Gasteiger partial charge in [-0.2, -0.15) is 0 Å². The van der Waals surface area contributed by atoms with Crippen molar-refractivity contribution in [3.63, 3.8) is 0 Å². The van der Waals surface area contributed by atoms with Crippen LogP contribution in [0, 0.1) is 0 Å². The van der Waals surface area contributed by atoms with E-state index >= 15 is 0 Å². The lowest BCUT2D eigenvalue weighted by atomic mass is 10.0. The van der Waals surface area contributed by atoms with Gasteiger partial charge >= 0.3 is 0 Å². The summed E-state index contributed by atoms with van der Waals surface area (Å²) in [6, 6.07) is 51.7. The predicted octanol–water partition coefficient (Wildman–Crippen LogP) is 13.4. The van der Waals surface area contributed by atoms with E-state index in [1.54, 1.807) is 0 Å². The van der Waals surface area contributed by atoms with Crippen molar-refractivity contribution in [2.75, 3.05) is 0 Å². The van der Waals surface area contributed by atoms with Gasteiger partial charge in [0.1, 0.15) is 22.7 Å². The number of fused-ring (bicyclic) bond motifs is 7. The second-order valence-corrected chi connectivity index (χ2v) is 13.8. The van der Waals surface area contributed by atoms with Crippen molar-refractivity contribution in [2.45, 2.75) is 0 Å². The lowest BCUT2D eigenvalue weighted by molar-refractivity contribution is 0.631. The molecule has 216 valence electrons. The summed E-state index contributed by atoms with van der Waals surface area (Å²) in [7, 11) is 0. The van der Waals surface area contributed by atoms with Gasteiger partial charge in [0, 0.05) is 42.1 Å². The number of benzene rings is 6. The molecule has 4 heterocycles. The fourth-order valence-corrected chi connectivity index (χ4v) is 9.18. The third-order valence-electron chi connectivity index (χ3n) is 8.94. The molecule has 0 N–H and O–H groups in total. The molecule has 0 aliphatic rings. The van der Waals surface area contributed by atoms with E-state index < -0.39 is 0 Å². The van der Waals surface area contributed by atoms with Gasteiger partial charge in [0.25, 0.3) is 0 Å². The van der Waals surface area contributed by atoms with Crippen LogP contribution in [-0.4, -0.2) is 0 Å². The van der Waals surface area contributed by atoms with E-state index in [0.29, 0.717) is 0 Å². The minimum Gasteiger partial charge on any atom is -0.456 e. The number of hydrogen-bond donors (Lipinski definition) is 0. The molecule has 4 aromatic heterocycles. The Morgan fingerprint density at radius 2 is 0.826 bits per heavy atom. The Morgan fingerprint density at radius 3 is 1.43 bits per heavy atom.